The Morgan fingerprint density at radius 3 is 2.53 bits per heavy atom. The lowest BCUT2D eigenvalue weighted by Crippen LogP contribution is -1.92. The van der Waals surface area contributed by atoms with Crippen LogP contribution >= 0.6 is 0 Å². The summed E-state index contributed by atoms with van der Waals surface area (Å²) < 4.78 is 30.3. The van der Waals surface area contributed by atoms with E-state index in [0.29, 0.717) is 6.61 Å². The Morgan fingerprint density at radius 1 is 1.20 bits per heavy atom. The lowest BCUT2D eigenvalue weighted by atomic mass is 10.2. The third-order valence-corrected chi connectivity index (χ3v) is 2.77. The summed E-state index contributed by atoms with van der Waals surface area (Å²) in [6.45, 7) is 0.341. The highest BCUT2D eigenvalue weighted by atomic mass is 32.2. The van der Waals surface area contributed by atoms with Crippen molar-refractivity contribution in [2.45, 2.75) is 6.61 Å². The highest BCUT2D eigenvalue weighted by Gasteiger charge is 2.13. The van der Waals surface area contributed by atoms with E-state index >= 15 is 0 Å². The summed E-state index contributed by atoms with van der Waals surface area (Å²) in [7, 11) is -3.42. The number of rotatable bonds is 3. The summed E-state index contributed by atoms with van der Waals surface area (Å²) in [5, 5.41) is 1.01. The lowest BCUT2D eigenvalue weighted by Gasteiger charge is -2.03. The Kier molecular flexibility index (Phi) is 2.55. The van der Waals surface area contributed by atoms with Gasteiger partial charge in [0.1, 0.15) is 6.61 Å². The monoisotopic (exact) mass is 223 g/mol. The number of hydrogen-bond acceptors (Lipinski definition) is 3. The molecule has 4 nitrogen and oxygen atoms in total. The first-order valence-corrected chi connectivity index (χ1v) is 5.85. The van der Waals surface area contributed by atoms with Gasteiger partial charge in [0.2, 0.25) is 0 Å². The van der Waals surface area contributed by atoms with E-state index in [1.165, 1.54) is 6.21 Å². The summed E-state index contributed by atoms with van der Waals surface area (Å²) in [6, 6.07) is 9.51. The van der Waals surface area contributed by atoms with Gasteiger partial charge >= 0.3 is 0 Å². The molecule has 1 aliphatic rings. The Labute approximate surface area is 88.0 Å². The number of nitrogens with zero attached hydrogens (tertiary/aromatic N) is 1. The molecular weight excluding hydrogens is 214 g/mol. The maximum atomic E-state index is 10.9. The van der Waals surface area contributed by atoms with Crippen LogP contribution in [-0.4, -0.2) is 14.6 Å². The standard InChI is InChI=1S/C10H9NO3S/c12-15(13)8-10(6-11-15)14-7-9-4-2-1-3-5-9/h1-6,8H,7H2. The predicted octanol–water partition coefficient (Wildman–Crippen LogP) is 1.46. The molecule has 0 saturated heterocycles. The fourth-order valence-electron chi connectivity index (χ4n) is 1.15. The molecule has 0 aliphatic carbocycles. The fraction of sp³-hybridized carbons (Fsp3) is 0.100. The van der Waals surface area contributed by atoms with Crippen LogP contribution in [0.15, 0.2) is 45.9 Å². The average Bonchev–Trinajstić information content (AvgIpc) is 2.57. The van der Waals surface area contributed by atoms with E-state index in [4.69, 9.17) is 4.74 Å². The number of hydrogen-bond donors (Lipinski definition) is 0. The molecule has 0 unspecified atom stereocenters. The Balaban J connectivity index is 1.99. The first kappa shape index (κ1) is 9.92. The Bertz CT molecular complexity index is 503. The number of ether oxygens (including phenoxy) is 1. The van der Waals surface area contributed by atoms with Gasteiger partial charge in [0, 0.05) is 0 Å². The smallest absolute Gasteiger partial charge is 0.279 e. The van der Waals surface area contributed by atoms with Crippen molar-refractivity contribution in [2.24, 2.45) is 4.40 Å². The van der Waals surface area contributed by atoms with Crippen molar-refractivity contribution < 1.29 is 13.2 Å². The van der Waals surface area contributed by atoms with E-state index in [1.807, 2.05) is 30.3 Å². The number of allylic oxidation sites excluding steroid dienone is 1. The second-order valence-corrected chi connectivity index (χ2v) is 4.52. The minimum atomic E-state index is -3.42. The van der Waals surface area contributed by atoms with Crippen LogP contribution in [0.4, 0.5) is 0 Å². The second kappa shape index (κ2) is 3.86. The van der Waals surface area contributed by atoms with Gasteiger partial charge < -0.3 is 4.74 Å². The van der Waals surface area contributed by atoms with Gasteiger partial charge in [0.15, 0.2) is 5.76 Å². The third kappa shape index (κ3) is 2.66. The van der Waals surface area contributed by atoms with Crippen LogP contribution in [0, 0.1) is 0 Å². The van der Waals surface area contributed by atoms with Crippen LogP contribution in [0.2, 0.25) is 0 Å². The molecule has 1 aliphatic heterocycles. The van der Waals surface area contributed by atoms with Gasteiger partial charge in [-0.1, -0.05) is 30.3 Å². The maximum Gasteiger partial charge on any atom is 0.279 e. The zero-order chi connectivity index (χ0) is 10.7. The van der Waals surface area contributed by atoms with Crippen LogP contribution in [0.5, 0.6) is 0 Å². The third-order valence-electron chi connectivity index (χ3n) is 1.84. The molecule has 1 aromatic rings. The highest BCUT2D eigenvalue weighted by molar-refractivity contribution is 7.93. The van der Waals surface area contributed by atoms with Gasteiger partial charge in [-0.05, 0) is 5.56 Å². The lowest BCUT2D eigenvalue weighted by molar-refractivity contribution is 0.220. The van der Waals surface area contributed by atoms with E-state index in [-0.39, 0.29) is 5.76 Å². The molecule has 15 heavy (non-hydrogen) atoms. The fourth-order valence-corrected chi connectivity index (χ4v) is 1.88. The summed E-state index contributed by atoms with van der Waals surface area (Å²) in [5.74, 6) is 0.277. The quantitative estimate of drug-likeness (QED) is 0.779. The zero-order valence-corrected chi connectivity index (χ0v) is 8.65. The molecule has 2 rings (SSSR count). The summed E-state index contributed by atoms with van der Waals surface area (Å²) in [6.07, 6.45) is 1.21. The molecule has 0 spiro atoms. The van der Waals surface area contributed by atoms with Crippen LogP contribution in [0.1, 0.15) is 5.56 Å². The minimum Gasteiger partial charge on any atom is -0.486 e. The van der Waals surface area contributed by atoms with Gasteiger partial charge in [-0.25, -0.2) is 0 Å². The van der Waals surface area contributed by atoms with Crippen molar-refractivity contribution in [2.75, 3.05) is 0 Å². The molecule has 1 aromatic carbocycles. The van der Waals surface area contributed by atoms with Crippen LogP contribution in [0.25, 0.3) is 0 Å². The predicted molar refractivity (Wildman–Crippen MR) is 56.7 cm³/mol. The molecule has 1 heterocycles. The first-order chi connectivity index (χ1) is 7.16. The van der Waals surface area contributed by atoms with E-state index in [1.54, 1.807) is 0 Å². The molecule has 0 amide bonds. The number of sulfonamides is 1. The van der Waals surface area contributed by atoms with E-state index in [0.717, 1.165) is 11.0 Å². The Hall–Kier alpha value is -1.62. The van der Waals surface area contributed by atoms with Crippen molar-refractivity contribution in [3.05, 3.63) is 47.1 Å². The van der Waals surface area contributed by atoms with Crippen LogP contribution in [0.3, 0.4) is 0 Å². The van der Waals surface area contributed by atoms with Crippen molar-refractivity contribution in [3.8, 4) is 0 Å². The van der Waals surface area contributed by atoms with Crippen molar-refractivity contribution in [1.29, 1.82) is 0 Å². The van der Waals surface area contributed by atoms with Crippen molar-refractivity contribution in [1.82, 2.24) is 0 Å². The van der Waals surface area contributed by atoms with E-state index in [2.05, 4.69) is 4.40 Å². The van der Waals surface area contributed by atoms with Gasteiger partial charge in [-0.3, -0.25) is 0 Å². The van der Waals surface area contributed by atoms with Crippen molar-refractivity contribution >= 4 is 16.2 Å². The van der Waals surface area contributed by atoms with Gasteiger partial charge in [-0.15, -0.1) is 0 Å². The maximum absolute atomic E-state index is 10.9. The molecule has 0 N–H and O–H groups in total. The van der Waals surface area contributed by atoms with Gasteiger partial charge in [0.05, 0.1) is 11.6 Å². The minimum absolute atomic E-state index is 0.277. The normalized spacial score (nSPS) is 17.5. The van der Waals surface area contributed by atoms with Crippen molar-refractivity contribution in [3.63, 3.8) is 0 Å². The molecule has 0 radical (unpaired) electrons. The molecule has 0 saturated carbocycles. The van der Waals surface area contributed by atoms with E-state index in [9.17, 15) is 8.42 Å². The SMILES string of the molecule is O=S1(=O)C=C(OCc2ccccc2)C=N1. The van der Waals surface area contributed by atoms with Gasteiger partial charge in [0.25, 0.3) is 10.0 Å². The summed E-state index contributed by atoms with van der Waals surface area (Å²) >= 11 is 0. The van der Waals surface area contributed by atoms with Gasteiger partial charge in [-0.2, -0.15) is 12.8 Å². The summed E-state index contributed by atoms with van der Waals surface area (Å²) in [4.78, 5) is 0. The second-order valence-electron chi connectivity index (χ2n) is 3.04. The molecule has 0 bridgehead atoms. The first-order valence-electron chi connectivity index (χ1n) is 4.34. The van der Waals surface area contributed by atoms with Crippen LogP contribution in [-0.2, 0) is 21.4 Å². The van der Waals surface area contributed by atoms with E-state index < -0.39 is 10.0 Å². The Morgan fingerprint density at radius 2 is 1.93 bits per heavy atom. The zero-order valence-electron chi connectivity index (χ0n) is 7.83. The molecule has 5 heteroatoms. The molecule has 0 aromatic heterocycles. The number of benzene rings is 1. The van der Waals surface area contributed by atoms with Crippen LogP contribution < -0.4 is 0 Å². The highest BCUT2D eigenvalue weighted by Crippen LogP contribution is 2.12. The molecule has 0 fully saturated rings. The summed E-state index contributed by atoms with van der Waals surface area (Å²) in [5.41, 5.74) is 0.982. The average molecular weight is 223 g/mol. The molecular formula is C10H9NO3S. The molecule has 78 valence electrons. The molecule has 0 atom stereocenters. The largest absolute Gasteiger partial charge is 0.486 e. The topological polar surface area (TPSA) is 55.7 Å².